The molecular weight excluding hydrogens is 300 g/mol. The Hall–Kier alpha value is -2.00. The molecule has 0 aliphatic heterocycles. The molecule has 0 heterocycles. The van der Waals surface area contributed by atoms with Crippen LogP contribution in [0.4, 0.5) is 0 Å². The fourth-order valence-corrected chi connectivity index (χ4v) is 3.71. The van der Waals surface area contributed by atoms with Crippen molar-refractivity contribution in [1.29, 1.82) is 0 Å². The summed E-state index contributed by atoms with van der Waals surface area (Å²) in [5, 5.41) is 0. The molecule has 2 aromatic rings. The molecule has 0 saturated heterocycles. The SMILES string of the molecule is CCc1ccc(C#Cc2ccc(CCC3CCC(C)CC3)cc2)cc1. The highest BCUT2D eigenvalue weighted by atomic mass is 14.2. The molecule has 0 aromatic heterocycles. The van der Waals surface area contributed by atoms with E-state index in [1.54, 1.807) is 0 Å². The van der Waals surface area contributed by atoms with E-state index in [1.165, 1.54) is 49.7 Å². The Morgan fingerprint density at radius 1 is 0.760 bits per heavy atom. The van der Waals surface area contributed by atoms with Gasteiger partial charge in [-0.3, -0.25) is 0 Å². The fraction of sp³-hybridized carbons (Fsp3) is 0.440. The van der Waals surface area contributed by atoms with E-state index in [1.807, 2.05) is 0 Å². The number of aryl methyl sites for hydroxylation is 2. The van der Waals surface area contributed by atoms with Gasteiger partial charge in [-0.25, -0.2) is 0 Å². The van der Waals surface area contributed by atoms with Crippen molar-refractivity contribution in [2.24, 2.45) is 11.8 Å². The number of benzene rings is 2. The van der Waals surface area contributed by atoms with Gasteiger partial charge in [-0.15, -0.1) is 0 Å². The van der Waals surface area contributed by atoms with E-state index in [0.717, 1.165) is 29.4 Å². The summed E-state index contributed by atoms with van der Waals surface area (Å²) in [6, 6.07) is 17.4. The average molecular weight is 331 g/mol. The zero-order chi connectivity index (χ0) is 17.5. The summed E-state index contributed by atoms with van der Waals surface area (Å²) in [5.41, 5.74) is 5.02. The largest absolute Gasteiger partial charge is 0.0625 e. The summed E-state index contributed by atoms with van der Waals surface area (Å²) >= 11 is 0. The van der Waals surface area contributed by atoms with Crippen LogP contribution in [0.3, 0.4) is 0 Å². The Balaban J connectivity index is 1.52. The molecule has 0 atom stereocenters. The van der Waals surface area contributed by atoms with Crippen molar-refractivity contribution in [3.05, 3.63) is 70.8 Å². The molecule has 0 nitrogen and oxygen atoms in total. The van der Waals surface area contributed by atoms with Crippen LogP contribution in [-0.4, -0.2) is 0 Å². The smallest absolute Gasteiger partial charge is 0.0249 e. The lowest BCUT2D eigenvalue weighted by Gasteiger charge is -2.26. The molecular formula is C25H30. The van der Waals surface area contributed by atoms with E-state index >= 15 is 0 Å². The first-order valence-corrected chi connectivity index (χ1v) is 9.93. The summed E-state index contributed by atoms with van der Waals surface area (Å²) in [7, 11) is 0. The third-order valence-corrected chi connectivity index (χ3v) is 5.64. The van der Waals surface area contributed by atoms with E-state index < -0.39 is 0 Å². The topological polar surface area (TPSA) is 0 Å². The maximum absolute atomic E-state index is 3.29. The molecule has 0 bridgehead atoms. The maximum atomic E-state index is 3.29. The monoisotopic (exact) mass is 330 g/mol. The number of hydrogen-bond acceptors (Lipinski definition) is 0. The van der Waals surface area contributed by atoms with E-state index in [-0.39, 0.29) is 0 Å². The molecule has 25 heavy (non-hydrogen) atoms. The molecule has 2 aromatic carbocycles. The fourth-order valence-electron chi connectivity index (χ4n) is 3.71. The van der Waals surface area contributed by atoms with Crippen LogP contribution in [0.1, 0.15) is 68.2 Å². The van der Waals surface area contributed by atoms with Gasteiger partial charge >= 0.3 is 0 Å². The molecule has 1 aliphatic carbocycles. The molecule has 130 valence electrons. The van der Waals surface area contributed by atoms with Crippen molar-refractivity contribution < 1.29 is 0 Å². The molecule has 1 saturated carbocycles. The minimum absolute atomic E-state index is 0.946. The Kier molecular flexibility index (Phi) is 6.35. The van der Waals surface area contributed by atoms with Crippen LogP contribution in [0.2, 0.25) is 0 Å². The van der Waals surface area contributed by atoms with E-state index in [2.05, 4.69) is 74.2 Å². The lowest BCUT2D eigenvalue weighted by molar-refractivity contribution is 0.278. The predicted molar refractivity (Wildman–Crippen MR) is 108 cm³/mol. The highest BCUT2D eigenvalue weighted by molar-refractivity contribution is 5.44. The minimum Gasteiger partial charge on any atom is -0.0625 e. The molecule has 1 fully saturated rings. The van der Waals surface area contributed by atoms with Crippen molar-refractivity contribution >= 4 is 0 Å². The first-order chi connectivity index (χ1) is 12.2. The molecule has 3 rings (SSSR count). The molecule has 0 amide bonds. The zero-order valence-corrected chi connectivity index (χ0v) is 15.7. The Morgan fingerprint density at radius 3 is 1.80 bits per heavy atom. The lowest BCUT2D eigenvalue weighted by atomic mass is 9.80. The third-order valence-electron chi connectivity index (χ3n) is 5.64. The lowest BCUT2D eigenvalue weighted by Crippen LogP contribution is -2.12. The van der Waals surface area contributed by atoms with Gasteiger partial charge in [0, 0.05) is 11.1 Å². The van der Waals surface area contributed by atoms with Crippen molar-refractivity contribution in [1.82, 2.24) is 0 Å². The van der Waals surface area contributed by atoms with Gasteiger partial charge in [0.1, 0.15) is 0 Å². The van der Waals surface area contributed by atoms with Gasteiger partial charge in [-0.1, -0.05) is 75.6 Å². The molecule has 0 radical (unpaired) electrons. The van der Waals surface area contributed by atoms with Gasteiger partial charge in [-0.05, 0) is 66.5 Å². The van der Waals surface area contributed by atoms with Gasteiger partial charge in [0.2, 0.25) is 0 Å². The van der Waals surface area contributed by atoms with Crippen LogP contribution in [0.15, 0.2) is 48.5 Å². The Bertz CT molecular complexity index is 701. The van der Waals surface area contributed by atoms with Crippen molar-refractivity contribution in [2.45, 2.75) is 58.8 Å². The average Bonchev–Trinajstić information content (AvgIpc) is 2.67. The molecule has 0 N–H and O–H groups in total. The quantitative estimate of drug-likeness (QED) is 0.568. The molecule has 1 aliphatic rings. The van der Waals surface area contributed by atoms with Gasteiger partial charge < -0.3 is 0 Å². The zero-order valence-electron chi connectivity index (χ0n) is 15.7. The van der Waals surface area contributed by atoms with Crippen LogP contribution in [0.25, 0.3) is 0 Å². The van der Waals surface area contributed by atoms with E-state index in [9.17, 15) is 0 Å². The van der Waals surface area contributed by atoms with Crippen LogP contribution < -0.4 is 0 Å². The normalized spacial score (nSPS) is 19.9. The standard InChI is InChI=1S/C25H30/c1-3-21-8-10-23(11-9-21)14-15-25-18-16-24(17-19-25)13-12-22-6-4-20(2)5-7-22/h8-11,16-20,22H,3-7,12-13H2,1-2H3. The van der Waals surface area contributed by atoms with Crippen LogP contribution in [0.5, 0.6) is 0 Å². The third kappa shape index (κ3) is 5.50. The van der Waals surface area contributed by atoms with Crippen molar-refractivity contribution in [2.75, 3.05) is 0 Å². The summed E-state index contributed by atoms with van der Waals surface area (Å²) in [6.07, 6.45) is 9.36. The van der Waals surface area contributed by atoms with E-state index in [4.69, 9.17) is 0 Å². The Labute approximate surface area is 153 Å². The molecule has 0 unspecified atom stereocenters. The van der Waals surface area contributed by atoms with E-state index in [0.29, 0.717) is 0 Å². The summed E-state index contributed by atoms with van der Waals surface area (Å²) < 4.78 is 0. The summed E-state index contributed by atoms with van der Waals surface area (Å²) in [6.45, 7) is 4.57. The molecule has 0 heteroatoms. The summed E-state index contributed by atoms with van der Waals surface area (Å²) in [5.74, 6) is 8.45. The summed E-state index contributed by atoms with van der Waals surface area (Å²) in [4.78, 5) is 0. The predicted octanol–water partition coefficient (Wildman–Crippen LogP) is 6.41. The maximum Gasteiger partial charge on any atom is 0.0249 e. The van der Waals surface area contributed by atoms with Crippen LogP contribution in [0, 0.1) is 23.7 Å². The first-order valence-electron chi connectivity index (χ1n) is 9.93. The second-order valence-electron chi connectivity index (χ2n) is 7.66. The Morgan fingerprint density at radius 2 is 1.28 bits per heavy atom. The number of hydrogen-bond donors (Lipinski definition) is 0. The number of rotatable bonds is 4. The van der Waals surface area contributed by atoms with Crippen LogP contribution >= 0.6 is 0 Å². The second-order valence-corrected chi connectivity index (χ2v) is 7.66. The van der Waals surface area contributed by atoms with Gasteiger partial charge in [0.15, 0.2) is 0 Å². The highest BCUT2D eigenvalue weighted by Crippen LogP contribution is 2.31. The minimum atomic E-state index is 0.946. The van der Waals surface area contributed by atoms with Crippen LogP contribution in [-0.2, 0) is 12.8 Å². The highest BCUT2D eigenvalue weighted by Gasteiger charge is 2.17. The van der Waals surface area contributed by atoms with Gasteiger partial charge in [-0.2, -0.15) is 0 Å². The van der Waals surface area contributed by atoms with Crippen molar-refractivity contribution in [3.63, 3.8) is 0 Å². The molecule has 0 spiro atoms. The second kappa shape index (κ2) is 8.91. The first kappa shape index (κ1) is 17.8. The van der Waals surface area contributed by atoms with Gasteiger partial charge in [0.05, 0.1) is 0 Å². The van der Waals surface area contributed by atoms with Gasteiger partial charge in [0.25, 0.3) is 0 Å². The van der Waals surface area contributed by atoms with Crippen molar-refractivity contribution in [3.8, 4) is 11.8 Å².